The molecule has 2 rings (SSSR count). The monoisotopic (exact) mass is 177 g/mol. The molecule has 0 saturated carbocycles. The fourth-order valence-corrected chi connectivity index (χ4v) is 1.74. The second-order valence-electron chi connectivity index (χ2n) is 3.46. The number of allylic oxidation sites excluding steroid dienone is 5. The third kappa shape index (κ3) is 2.29. The third-order valence-corrected chi connectivity index (χ3v) is 2.52. The summed E-state index contributed by atoms with van der Waals surface area (Å²) in [5.41, 5.74) is 3.07. The van der Waals surface area contributed by atoms with Crippen LogP contribution < -0.4 is 5.48 Å². The SMILES string of the molecule is C1=C/C=C/C([C@@H]2CCON2)CC=C1. The molecule has 0 spiro atoms. The van der Waals surface area contributed by atoms with Crippen molar-refractivity contribution < 1.29 is 4.84 Å². The molecule has 1 N–H and O–H groups in total. The predicted octanol–water partition coefficient (Wildman–Crippen LogP) is 1.97. The second kappa shape index (κ2) is 4.40. The number of hydrogen-bond acceptors (Lipinski definition) is 2. The smallest absolute Gasteiger partial charge is 0.0698 e. The van der Waals surface area contributed by atoms with Gasteiger partial charge < -0.3 is 4.84 Å². The van der Waals surface area contributed by atoms with E-state index in [4.69, 9.17) is 4.84 Å². The van der Waals surface area contributed by atoms with Crippen LogP contribution in [0.5, 0.6) is 0 Å². The Bertz CT molecular complexity index is 236. The molecule has 2 atom stereocenters. The van der Waals surface area contributed by atoms with Crippen LogP contribution in [0.2, 0.25) is 0 Å². The van der Waals surface area contributed by atoms with E-state index >= 15 is 0 Å². The van der Waals surface area contributed by atoms with Gasteiger partial charge >= 0.3 is 0 Å². The Morgan fingerprint density at radius 1 is 1.15 bits per heavy atom. The average molecular weight is 177 g/mol. The van der Waals surface area contributed by atoms with E-state index < -0.39 is 0 Å². The van der Waals surface area contributed by atoms with Crippen LogP contribution in [-0.4, -0.2) is 12.6 Å². The van der Waals surface area contributed by atoms with Gasteiger partial charge in [-0.15, -0.1) is 0 Å². The van der Waals surface area contributed by atoms with Gasteiger partial charge in [0.05, 0.1) is 6.61 Å². The molecule has 2 aliphatic rings. The van der Waals surface area contributed by atoms with Crippen molar-refractivity contribution in [3.05, 3.63) is 36.5 Å². The van der Waals surface area contributed by atoms with Gasteiger partial charge in [-0.2, -0.15) is 5.48 Å². The van der Waals surface area contributed by atoms with Crippen LogP contribution >= 0.6 is 0 Å². The maximum absolute atomic E-state index is 5.16. The minimum atomic E-state index is 0.493. The molecule has 13 heavy (non-hydrogen) atoms. The minimum absolute atomic E-state index is 0.493. The maximum Gasteiger partial charge on any atom is 0.0698 e. The van der Waals surface area contributed by atoms with Gasteiger partial charge in [0.1, 0.15) is 0 Å². The highest BCUT2D eigenvalue weighted by molar-refractivity contribution is 5.16. The summed E-state index contributed by atoms with van der Waals surface area (Å²) in [7, 11) is 0. The van der Waals surface area contributed by atoms with Gasteiger partial charge in [-0.05, 0) is 18.8 Å². The molecule has 1 aliphatic carbocycles. The summed E-state index contributed by atoms with van der Waals surface area (Å²) in [6.45, 7) is 0.842. The molecule has 1 aliphatic heterocycles. The van der Waals surface area contributed by atoms with Crippen molar-refractivity contribution in [1.82, 2.24) is 5.48 Å². The Balaban J connectivity index is 2.00. The van der Waals surface area contributed by atoms with Gasteiger partial charge in [0.15, 0.2) is 0 Å². The highest BCUT2D eigenvalue weighted by Crippen LogP contribution is 2.19. The summed E-state index contributed by atoms with van der Waals surface area (Å²) in [4.78, 5) is 5.16. The molecule has 1 unspecified atom stereocenters. The minimum Gasteiger partial charge on any atom is -0.301 e. The van der Waals surface area contributed by atoms with Gasteiger partial charge in [-0.25, -0.2) is 0 Å². The molecule has 0 aromatic heterocycles. The van der Waals surface area contributed by atoms with Gasteiger partial charge in [-0.3, -0.25) is 0 Å². The normalized spacial score (nSPS) is 35.7. The van der Waals surface area contributed by atoms with E-state index in [1.807, 2.05) is 0 Å². The zero-order valence-electron chi connectivity index (χ0n) is 7.65. The van der Waals surface area contributed by atoms with Crippen LogP contribution in [0.1, 0.15) is 12.8 Å². The molecule has 2 nitrogen and oxygen atoms in total. The lowest BCUT2D eigenvalue weighted by atomic mass is 9.93. The first-order valence-electron chi connectivity index (χ1n) is 4.84. The van der Waals surface area contributed by atoms with E-state index in [1.165, 1.54) is 0 Å². The molecule has 70 valence electrons. The largest absolute Gasteiger partial charge is 0.301 e. The Labute approximate surface area is 78.9 Å². The lowest BCUT2D eigenvalue weighted by Crippen LogP contribution is -2.28. The predicted molar refractivity (Wildman–Crippen MR) is 53.0 cm³/mol. The Morgan fingerprint density at radius 3 is 2.92 bits per heavy atom. The summed E-state index contributed by atoms with van der Waals surface area (Å²) >= 11 is 0. The standard InChI is InChI=1S/C11H15NO/c1-2-4-6-10(7-5-3-1)11-8-9-13-12-11/h1-6,10-12H,7-9H2/b2-1?,5-3?,6-4+/t10?,11-/m0/s1. The lowest BCUT2D eigenvalue weighted by Gasteiger charge is -2.17. The molecule has 0 amide bonds. The quantitative estimate of drug-likeness (QED) is 0.661. The molecular formula is C11H15NO. The van der Waals surface area contributed by atoms with Crippen molar-refractivity contribution in [3.8, 4) is 0 Å². The zero-order chi connectivity index (χ0) is 8.93. The van der Waals surface area contributed by atoms with Crippen LogP contribution in [0.25, 0.3) is 0 Å². The second-order valence-corrected chi connectivity index (χ2v) is 3.46. The van der Waals surface area contributed by atoms with Crippen LogP contribution in [0.15, 0.2) is 36.5 Å². The highest BCUT2D eigenvalue weighted by Gasteiger charge is 2.22. The highest BCUT2D eigenvalue weighted by atomic mass is 16.7. The van der Waals surface area contributed by atoms with Gasteiger partial charge in [0.2, 0.25) is 0 Å². The Morgan fingerprint density at radius 2 is 2.08 bits per heavy atom. The van der Waals surface area contributed by atoms with Crippen molar-refractivity contribution in [1.29, 1.82) is 0 Å². The van der Waals surface area contributed by atoms with E-state index in [9.17, 15) is 0 Å². The summed E-state index contributed by atoms with van der Waals surface area (Å²) in [5.74, 6) is 0.573. The van der Waals surface area contributed by atoms with Crippen molar-refractivity contribution in [3.63, 3.8) is 0 Å². The molecule has 2 heteroatoms. The third-order valence-electron chi connectivity index (χ3n) is 2.52. The van der Waals surface area contributed by atoms with Gasteiger partial charge in [0.25, 0.3) is 0 Å². The molecule has 1 fully saturated rings. The number of hydroxylamine groups is 1. The first-order chi connectivity index (χ1) is 6.47. The maximum atomic E-state index is 5.16. The van der Waals surface area contributed by atoms with Crippen LogP contribution in [0.3, 0.4) is 0 Å². The van der Waals surface area contributed by atoms with Crippen LogP contribution in [0, 0.1) is 5.92 Å². The van der Waals surface area contributed by atoms with Crippen molar-refractivity contribution in [2.24, 2.45) is 5.92 Å². The molecule has 0 aromatic carbocycles. The molecule has 0 bridgehead atoms. The fraction of sp³-hybridized carbons (Fsp3) is 0.455. The summed E-state index contributed by atoms with van der Waals surface area (Å²) in [6.07, 6.45) is 15.0. The summed E-state index contributed by atoms with van der Waals surface area (Å²) in [6, 6.07) is 0.493. The first kappa shape index (κ1) is 8.73. The topological polar surface area (TPSA) is 21.3 Å². The number of nitrogens with one attached hydrogen (secondary N) is 1. The van der Waals surface area contributed by atoms with E-state index in [1.54, 1.807) is 0 Å². The molecule has 0 radical (unpaired) electrons. The average Bonchev–Trinajstić information content (AvgIpc) is 2.55. The van der Waals surface area contributed by atoms with Crippen molar-refractivity contribution in [2.45, 2.75) is 18.9 Å². The first-order valence-corrected chi connectivity index (χ1v) is 4.84. The molecular weight excluding hydrogens is 162 g/mol. The molecule has 1 saturated heterocycles. The zero-order valence-corrected chi connectivity index (χ0v) is 7.65. The Hall–Kier alpha value is -0.860. The van der Waals surface area contributed by atoms with Gasteiger partial charge in [-0.1, -0.05) is 36.5 Å². The van der Waals surface area contributed by atoms with E-state index in [-0.39, 0.29) is 0 Å². The number of rotatable bonds is 1. The number of hydrogen-bond donors (Lipinski definition) is 1. The summed E-state index contributed by atoms with van der Waals surface area (Å²) in [5, 5.41) is 0. The fourth-order valence-electron chi connectivity index (χ4n) is 1.74. The van der Waals surface area contributed by atoms with Crippen molar-refractivity contribution >= 4 is 0 Å². The van der Waals surface area contributed by atoms with E-state index in [0.29, 0.717) is 12.0 Å². The van der Waals surface area contributed by atoms with E-state index in [0.717, 1.165) is 19.4 Å². The molecule has 1 heterocycles. The van der Waals surface area contributed by atoms with Crippen LogP contribution in [0.4, 0.5) is 0 Å². The van der Waals surface area contributed by atoms with Crippen molar-refractivity contribution in [2.75, 3.05) is 6.61 Å². The Kier molecular flexibility index (Phi) is 2.95. The van der Waals surface area contributed by atoms with Crippen LogP contribution in [-0.2, 0) is 4.84 Å². The lowest BCUT2D eigenvalue weighted by molar-refractivity contribution is 0.0817. The summed E-state index contributed by atoms with van der Waals surface area (Å²) < 4.78 is 0. The van der Waals surface area contributed by atoms with Gasteiger partial charge in [0, 0.05) is 6.04 Å². The van der Waals surface area contributed by atoms with E-state index in [2.05, 4.69) is 41.9 Å². The molecule has 0 aromatic rings.